The highest BCUT2D eigenvalue weighted by Gasteiger charge is 2.18. The molecule has 0 atom stereocenters. The average molecular weight is 522 g/mol. The van der Waals surface area contributed by atoms with Gasteiger partial charge in [0.15, 0.2) is 0 Å². The Balaban J connectivity index is 0.00000304. The summed E-state index contributed by atoms with van der Waals surface area (Å²) in [7, 11) is 0. The van der Waals surface area contributed by atoms with E-state index in [4.69, 9.17) is 0 Å². The van der Waals surface area contributed by atoms with Gasteiger partial charge in [-0.05, 0) is 79.7 Å². The van der Waals surface area contributed by atoms with Gasteiger partial charge < -0.3 is 16.0 Å². The molecule has 0 aliphatic carbocycles. The number of nitrogens with zero attached hydrogens (tertiary/aromatic N) is 1. The lowest BCUT2D eigenvalue weighted by molar-refractivity contribution is 0.0928. The first-order chi connectivity index (χ1) is 17.1. The summed E-state index contributed by atoms with van der Waals surface area (Å²) < 4.78 is 0. The Kier molecular flexibility index (Phi) is 8.20. The molecule has 2 aromatic heterocycles. The number of fused-ring (bicyclic) bond motifs is 1. The number of aromatic amines is 1. The molecule has 4 aromatic rings. The number of hydrogen-bond donors (Lipinski definition) is 4. The van der Waals surface area contributed by atoms with Gasteiger partial charge in [0.1, 0.15) is 0 Å². The largest absolute Gasteiger partial charge is 0.349 e. The molecule has 1 aliphatic rings. The van der Waals surface area contributed by atoms with Crippen LogP contribution in [0.4, 0.5) is 5.69 Å². The third-order valence-corrected chi connectivity index (χ3v) is 7.24. The number of nitrogens with one attached hydrogen (secondary N) is 4. The number of piperidine rings is 1. The van der Waals surface area contributed by atoms with Crippen molar-refractivity contribution in [1.29, 1.82) is 0 Å². The Morgan fingerprint density at radius 1 is 1.06 bits per heavy atom. The van der Waals surface area contributed by atoms with Crippen molar-refractivity contribution in [2.24, 2.45) is 0 Å². The number of thiophene rings is 1. The molecule has 2 amide bonds. The summed E-state index contributed by atoms with van der Waals surface area (Å²) in [6, 6.07) is 15.4. The van der Waals surface area contributed by atoms with Gasteiger partial charge in [-0.1, -0.05) is 30.3 Å². The lowest BCUT2D eigenvalue weighted by Crippen LogP contribution is -2.42. The van der Waals surface area contributed by atoms with Crippen LogP contribution in [0.5, 0.6) is 0 Å². The molecular weight excluding hydrogens is 494 g/mol. The van der Waals surface area contributed by atoms with Crippen LogP contribution in [-0.4, -0.2) is 41.1 Å². The first-order valence-corrected chi connectivity index (χ1v) is 12.6. The van der Waals surface area contributed by atoms with Crippen molar-refractivity contribution in [3.05, 3.63) is 81.2 Å². The summed E-state index contributed by atoms with van der Waals surface area (Å²) in [6.45, 7) is 3.72. The molecule has 7 nitrogen and oxygen atoms in total. The standard InChI is InChI=1S/C27H27N5O2S.ClH/c1-17-12-15-35-25(17)27(34)30-24-16-19(26(33)29-20-10-13-28-14-11-20)7-6-18(24)8-9-23-21-4-2-3-5-22(21)31-32-23;/h2-9,12,15-16,20,28H,10-11,13-14H2,1H3,(H,29,33)(H,30,34)(H,31,32);1H. The number of halogens is 1. The van der Waals surface area contributed by atoms with Crippen molar-refractivity contribution in [3.8, 4) is 0 Å². The van der Waals surface area contributed by atoms with Crippen LogP contribution in [0.1, 0.15) is 49.7 Å². The third-order valence-electron chi connectivity index (χ3n) is 6.23. The number of amides is 2. The number of aryl methyl sites for hydroxylation is 1. The molecule has 0 bridgehead atoms. The van der Waals surface area contributed by atoms with Crippen molar-refractivity contribution in [3.63, 3.8) is 0 Å². The highest BCUT2D eigenvalue weighted by Crippen LogP contribution is 2.25. The van der Waals surface area contributed by atoms with E-state index in [0.29, 0.717) is 16.1 Å². The van der Waals surface area contributed by atoms with Gasteiger partial charge in [-0.2, -0.15) is 5.10 Å². The maximum Gasteiger partial charge on any atom is 0.266 e. The van der Waals surface area contributed by atoms with E-state index in [9.17, 15) is 9.59 Å². The highest BCUT2D eigenvalue weighted by atomic mass is 35.5. The lowest BCUT2D eigenvalue weighted by atomic mass is 10.0. The van der Waals surface area contributed by atoms with E-state index >= 15 is 0 Å². The second kappa shape index (κ2) is 11.5. The highest BCUT2D eigenvalue weighted by molar-refractivity contribution is 7.12. The minimum Gasteiger partial charge on any atom is -0.349 e. The smallest absolute Gasteiger partial charge is 0.266 e. The number of anilines is 1. The van der Waals surface area contributed by atoms with Crippen LogP contribution >= 0.6 is 23.7 Å². The molecule has 4 N–H and O–H groups in total. The molecule has 2 aromatic carbocycles. The molecule has 3 heterocycles. The number of benzene rings is 2. The van der Waals surface area contributed by atoms with E-state index in [2.05, 4.69) is 26.1 Å². The molecular formula is C27H28ClN5O2S. The Morgan fingerprint density at radius 2 is 1.86 bits per heavy atom. The Labute approximate surface area is 219 Å². The SMILES string of the molecule is Cc1ccsc1C(=O)Nc1cc(C(=O)NC2CCNCC2)ccc1C=Cc1n[nH]c2ccccc12.Cl. The van der Waals surface area contributed by atoms with Gasteiger partial charge in [0, 0.05) is 22.7 Å². The summed E-state index contributed by atoms with van der Waals surface area (Å²) >= 11 is 1.40. The molecule has 9 heteroatoms. The van der Waals surface area contributed by atoms with E-state index in [1.54, 1.807) is 12.1 Å². The normalized spacial score (nSPS) is 14.0. The van der Waals surface area contributed by atoms with Gasteiger partial charge in [-0.25, -0.2) is 0 Å². The lowest BCUT2D eigenvalue weighted by Gasteiger charge is -2.23. The summed E-state index contributed by atoms with van der Waals surface area (Å²) in [6.07, 6.45) is 5.64. The number of carbonyl (C=O) groups is 2. The molecule has 0 unspecified atom stereocenters. The fraction of sp³-hybridized carbons (Fsp3) is 0.222. The van der Waals surface area contributed by atoms with Gasteiger partial charge in [0.2, 0.25) is 0 Å². The first kappa shape index (κ1) is 25.6. The predicted molar refractivity (Wildman–Crippen MR) is 149 cm³/mol. The van der Waals surface area contributed by atoms with E-state index in [0.717, 1.165) is 53.7 Å². The zero-order valence-electron chi connectivity index (χ0n) is 19.8. The maximum absolute atomic E-state index is 13.0. The second-order valence-electron chi connectivity index (χ2n) is 8.67. The zero-order chi connectivity index (χ0) is 24.2. The van der Waals surface area contributed by atoms with Crippen LogP contribution in [-0.2, 0) is 0 Å². The topological polar surface area (TPSA) is 98.9 Å². The summed E-state index contributed by atoms with van der Waals surface area (Å²) in [5.74, 6) is -0.318. The second-order valence-corrected chi connectivity index (χ2v) is 9.59. The van der Waals surface area contributed by atoms with Crippen molar-refractivity contribution >= 4 is 64.3 Å². The van der Waals surface area contributed by atoms with Crippen LogP contribution in [0.25, 0.3) is 23.1 Å². The van der Waals surface area contributed by atoms with E-state index in [1.165, 1.54) is 11.3 Å². The maximum atomic E-state index is 13.0. The Hall–Kier alpha value is -3.46. The van der Waals surface area contributed by atoms with Gasteiger partial charge in [-0.15, -0.1) is 23.7 Å². The fourth-order valence-electron chi connectivity index (χ4n) is 4.25. The predicted octanol–water partition coefficient (Wildman–Crippen LogP) is 5.26. The van der Waals surface area contributed by atoms with Gasteiger partial charge >= 0.3 is 0 Å². The van der Waals surface area contributed by atoms with Gasteiger partial charge in [0.05, 0.1) is 16.1 Å². The molecule has 1 fully saturated rings. The van der Waals surface area contributed by atoms with Crippen molar-refractivity contribution < 1.29 is 9.59 Å². The van der Waals surface area contributed by atoms with Crippen LogP contribution < -0.4 is 16.0 Å². The van der Waals surface area contributed by atoms with Crippen LogP contribution in [0.3, 0.4) is 0 Å². The molecule has 186 valence electrons. The van der Waals surface area contributed by atoms with Crippen molar-refractivity contribution in [1.82, 2.24) is 20.8 Å². The molecule has 5 rings (SSSR count). The van der Waals surface area contributed by atoms with E-state index in [1.807, 2.05) is 60.9 Å². The molecule has 0 spiro atoms. The van der Waals surface area contributed by atoms with Crippen molar-refractivity contribution in [2.75, 3.05) is 18.4 Å². The number of hydrogen-bond acceptors (Lipinski definition) is 5. The van der Waals surface area contributed by atoms with Crippen molar-refractivity contribution in [2.45, 2.75) is 25.8 Å². The molecule has 1 saturated heterocycles. The molecule has 1 aliphatic heterocycles. The zero-order valence-corrected chi connectivity index (χ0v) is 21.5. The monoisotopic (exact) mass is 521 g/mol. The summed E-state index contributed by atoms with van der Waals surface area (Å²) in [5, 5.41) is 19.8. The molecule has 0 saturated carbocycles. The number of aromatic nitrogens is 2. The fourth-order valence-corrected chi connectivity index (χ4v) is 5.07. The van der Waals surface area contributed by atoms with Crippen LogP contribution in [0.15, 0.2) is 53.9 Å². The summed E-state index contributed by atoms with van der Waals surface area (Å²) in [4.78, 5) is 26.6. The first-order valence-electron chi connectivity index (χ1n) is 11.7. The number of para-hydroxylation sites is 1. The quantitative estimate of drug-likeness (QED) is 0.278. The number of rotatable bonds is 6. The minimum absolute atomic E-state index is 0. The van der Waals surface area contributed by atoms with Crippen LogP contribution in [0.2, 0.25) is 0 Å². The Bertz CT molecular complexity index is 1400. The average Bonchev–Trinajstić information content (AvgIpc) is 3.50. The van der Waals surface area contributed by atoms with Gasteiger partial charge in [0.25, 0.3) is 11.8 Å². The number of H-pyrrole nitrogens is 1. The molecule has 36 heavy (non-hydrogen) atoms. The third kappa shape index (κ3) is 5.67. The van der Waals surface area contributed by atoms with Crippen LogP contribution in [0, 0.1) is 6.92 Å². The van der Waals surface area contributed by atoms with E-state index in [-0.39, 0.29) is 30.3 Å². The minimum atomic E-state index is -0.187. The van der Waals surface area contributed by atoms with E-state index < -0.39 is 0 Å². The van der Waals surface area contributed by atoms with Gasteiger partial charge in [-0.3, -0.25) is 14.7 Å². The summed E-state index contributed by atoms with van der Waals surface area (Å²) in [5.41, 5.74) is 4.57. The molecule has 0 radical (unpaired) electrons. The Morgan fingerprint density at radius 3 is 2.64 bits per heavy atom. The number of carbonyl (C=O) groups excluding carboxylic acids is 2.